The van der Waals surface area contributed by atoms with Gasteiger partial charge in [0.15, 0.2) is 0 Å². The van der Waals surface area contributed by atoms with Gasteiger partial charge in [0.1, 0.15) is 0 Å². The van der Waals surface area contributed by atoms with Gasteiger partial charge in [-0.2, -0.15) is 0 Å². The topological polar surface area (TPSA) is 20.3 Å². The van der Waals surface area contributed by atoms with E-state index >= 15 is 0 Å². The molecule has 0 unspecified atom stereocenters. The van der Waals surface area contributed by atoms with Gasteiger partial charge in [-0.3, -0.25) is 4.79 Å². The number of benzene rings is 1. The monoisotopic (exact) mass is 257 g/mol. The number of carbonyl (C=O) groups excluding carboxylic acids is 1. The van der Waals surface area contributed by atoms with Gasteiger partial charge in [0.2, 0.25) is 5.91 Å². The molecule has 1 aliphatic carbocycles. The molecule has 3 rings (SSSR count). The smallest absolute Gasteiger partial charge is 0.237 e. The summed E-state index contributed by atoms with van der Waals surface area (Å²) in [6, 6.07) is 8.29. The van der Waals surface area contributed by atoms with Crippen LogP contribution in [0.4, 0.5) is 5.69 Å². The molecular formula is C17H23NO. The van der Waals surface area contributed by atoms with Crippen LogP contribution in [0.5, 0.6) is 0 Å². The maximum absolute atomic E-state index is 12.7. The molecule has 1 amide bonds. The summed E-state index contributed by atoms with van der Waals surface area (Å²) in [4.78, 5) is 14.7. The zero-order valence-electron chi connectivity index (χ0n) is 12.0. The van der Waals surface area contributed by atoms with Crippen molar-refractivity contribution in [2.24, 2.45) is 5.92 Å². The molecular weight excluding hydrogens is 234 g/mol. The van der Waals surface area contributed by atoms with Gasteiger partial charge in [-0.05, 0) is 44.2 Å². The van der Waals surface area contributed by atoms with Crippen molar-refractivity contribution < 1.29 is 4.79 Å². The third kappa shape index (κ3) is 2.07. The molecule has 1 aliphatic heterocycles. The lowest BCUT2D eigenvalue weighted by Crippen LogP contribution is -2.39. The van der Waals surface area contributed by atoms with E-state index < -0.39 is 0 Å². The van der Waals surface area contributed by atoms with Crippen LogP contribution >= 0.6 is 0 Å². The number of carbonyl (C=O) groups is 1. The molecule has 2 nitrogen and oxygen atoms in total. The second-order valence-electron chi connectivity index (χ2n) is 6.56. The number of amides is 1. The zero-order chi connectivity index (χ0) is 13.5. The Morgan fingerprint density at radius 2 is 1.84 bits per heavy atom. The van der Waals surface area contributed by atoms with Crippen LogP contribution in [0, 0.1) is 5.92 Å². The summed E-state index contributed by atoms with van der Waals surface area (Å²) in [5.74, 6) is 0.971. The van der Waals surface area contributed by atoms with Gasteiger partial charge in [0.25, 0.3) is 0 Å². The Balaban J connectivity index is 1.87. The molecule has 1 heterocycles. The number of nitrogens with zero attached hydrogens (tertiary/aromatic N) is 1. The van der Waals surface area contributed by atoms with E-state index in [1.165, 1.54) is 37.7 Å². The minimum absolute atomic E-state index is 0.277. The molecule has 0 N–H and O–H groups in total. The normalized spacial score (nSPS) is 22.6. The summed E-state index contributed by atoms with van der Waals surface area (Å²) >= 11 is 0. The minimum Gasteiger partial charge on any atom is -0.311 e. The van der Waals surface area contributed by atoms with Gasteiger partial charge in [-0.25, -0.2) is 0 Å². The highest BCUT2D eigenvalue weighted by Crippen LogP contribution is 2.42. The first kappa shape index (κ1) is 12.7. The van der Waals surface area contributed by atoms with Crippen LogP contribution in [0.2, 0.25) is 0 Å². The average Bonchev–Trinajstić information content (AvgIpc) is 2.62. The van der Waals surface area contributed by atoms with E-state index in [4.69, 9.17) is 0 Å². The first-order valence-electron chi connectivity index (χ1n) is 7.52. The number of hydrogen-bond acceptors (Lipinski definition) is 1. The van der Waals surface area contributed by atoms with Crippen molar-refractivity contribution in [3.05, 3.63) is 29.8 Å². The predicted octanol–water partition coefficient (Wildman–Crippen LogP) is 3.89. The molecule has 1 fully saturated rings. The first-order chi connectivity index (χ1) is 9.10. The maximum Gasteiger partial charge on any atom is 0.237 e. The van der Waals surface area contributed by atoms with Crippen molar-refractivity contribution in [3.8, 4) is 0 Å². The summed E-state index contributed by atoms with van der Waals surface area (Å²) in [5.41, 5.74) is 1.98. The number of anilines is 1. The summed E-state index contributed by atoms with van der Waals surface area (Å²) in [6.45, 7) is 5.02. The van der Waals surface area contributed by atoms with Crippen LogP contribution in [-0.4, -0.2) is 12.5 Å². The number of para-hydroxylation sites is 1. The van der Waals surface area contributed by atoms with Crippen LogP contribution in [0.3, 0.4) is 0 Å². The van der Waals surface area contributed by atoms with E-state index in [1.54, 1.807) is 0 Å². The summed E-state index contributed by atoms with van der Waals surface area (Å²) in [6.07, 6.45) is 6.60. The van der Waals surface area contributed by atoms with E-state index in [9.17, 15) is 4.79 Å². The van der Waals surface area contributed by atoms with Gasteiger partial charge in [0.05, 0.1) is 5.41 Å². The van der Waals surface area contributed by atoms with Crippen molar-refractivity contribution in [2.75, 3.05) is 11.4 Å². The fourth-order valence-corrected chi connectivity index (χ4v) is 3.61. The molecule has 0 atom stereocenters. The number of hydrogen-bond donors (Lipinski definition) is 0. The van der Waals surface area contributed by atoms with Crippen LogP contribution < -0.4 is 4.90 Å². The molecule has 19 heavy (non-hydrogen) atoms. The molecule has 2 aliphatic rings. The second kappa shape index (κ2) is 4.66. The van der Waals surface area contributed by atoms with Gasteiger partial charge in [0, 0.05) is 12.2 Å². The highest BCUT2D eigenvalue weighted by Gasteiger charge is 2.43. The van der Waals surface area contributed by atoms with E-state index in [0.29, 0.717) is 5.92 Å². The lowest BCUT2D eigenvalue weighted by Gasteiger charge is -2.28. The molecule has 0 aromatic heterocycles. The SMILES string of the molecule is CC1(C)C(=O)N(CC2CCCCC2)c2ccccc21. The second-order valence-corrected chi connectivity index (χ2v) is 6.56. The highest BCUT2D eigenvalue weighted by molar-refractivity contribution is 6.07. The Bertz CT molecular complexity index is 486. The molecule has 0 bridgehead atoms. The third-order valence-corrected chi connectivity index (χ3v) is 4.81. The molecule has 0 radical (unpaired) electrons. The van der Waals surface area contributed by atoms with E-state index in [2.05, 4.69) is 26.0 Å². The van der Waals surface area contributed by atoms with Gasteiger partial charge in [-0.1, -0.05) is 37.5 Å². The predicted molar refractivity (Wildman–Crippen MR) is 78.4 cm³/mol. The molecule has 1 aromatic rings. The third-order valence-electron chi connectivity index (χ3n) is 4.81. The van der Waals surface area contributed by atoms with Crippen molar-refractivity contribution in [1.82, 2.24) is 0 Å². The van der Waals surface area contributed by atoms with Crippen LogP contribution in [-0.2, 0) is 10.2 Å². The Kier molecular flexibility index (Phi) is 3.12. The fourth-order valence-electron chi connectivity index (χ4n) is 3.61. The number of fused-ring (bicyclic) bond motifs is 1. The van der Waals surface area contributed by atoms with Crippen molar-refractivity contribution in [2.45, 2.75) is 51.4 Å². The Labute approximate surface area is 115 Å². The summed E-state index contributed by atoms with van der Waals surface area (Å²) in [5, 5.41) is 0. The standard InChI is InChI=1S/C17H23NO/c1-17(2)14-10-6-7-11-15(14)18(16(17)19)12-13-8-4-3-5-9-13/h6-7,10-11,13H,3-5,8-9,12H2,1-2H3. The summed E-state index contributed by atoms with van der Waals surface area (Å²) < 4.78 is 0. The molecule has 1 saturated carbocycles. The lowest BCUT2D eigenvalue weighted by atomic mass is 9.86. The maximum atomic E-state index is 12.7. The fraction of sp³-hybridized carbons (Fsp3) is 0.588. The molecule has 0 saturated heterocycles. The molecule has 1 aromatic carbocycles. The lowest BCUT2D eigenvalue weighted by molar-refractivity contribution is -0.122. The number of rotatable bonds is 2. The average molecular weight is 257 g/mol. The molecule has 0 spiro atoms. The Morgan fingerprint density at radius 3 is 2.58 bits per heavy atom. The van der Waals surface area contributed by atoms with E-state index in [0.717, 1.165) is 12.2 Å². The van der Waals surface area contributed by atoms with Crippen molar-refractivity contribution in [3.63, 3.8) is 0 Å². The van der Waals surface area contributed by atoms with E-state index in [1.807, 2.05) is 17.0 Å². The Hall–Kier alpha value is -1.31. The van der Waals surface area contributed by atoms with Gasteiger partial charge in [-0.15, -0.1) is 0 Å². The zero-order valence-corrected chi connectivity index (χ0v) is 12.0. The summed E-state index contributed by atoms with van der Waals surface area (Å²) in [7, 11) is 0. The highest BCUT2D eigenvalue weighted by atomic mass is 16.2. The van der Waals surface area contributed by atoms with Crippen molar-refractivity contribution >= 4 is 11.6 Å². The minimum atomic E-state index is -0.356. The van der Waals surface area contributed by atoms with Crippen LogP contribution in [0.1, 0.15) is 51.5 Å². The Morgan fingerprint density at radius 1 is 1.16 bits per heavy atom. The van der Waals surface area contributed by atoms with Crippen LogP contribution in [0.25, 0.3) is 0 Å². The molecule has 2 heteroatoms. The van der Waals surface area contributed by atoms with Crippen molar-refractivity contribution in [1.29, 1.82) is 0 Å². The van der Waals surface area contributed by atoms with Gasteiger partial charge >= 0.3 is 0 Å². The largest absolute Gasteiger partial charge is 0.311 e. The first-order valence-corrected chi connectivity index (χ1v) is 7.52. The van der Waals surface area contributed by atoms with E-state index in [-0.39, 0.29) is 11.3 Å². The van der Waals surface area contributed by atoms with Gasteiger partial charge < -0.3 is 4.90 Å². The quantitative estimate of drug-likeness (QED) is 0.787. The van der Waals surface area contributed by atoms with Crippen LogP contribution in [0.15, 0.2) is 24.3 Å². The molecule has 102 valence electrons.